The van der Waals surface area contributed by atoms with Gasteiger partial charge in [-0.1, -0.05) is 33.8 Å². The molecule has 2 nitrogen and oxygen atoms in total. The molecule has 16 heavy (non-hydrogen) atoms. The first-order chi connectivity index (χ1) is 7.16. The van der Waals surface area contributed by atoms with Crippen molar-refractivity contribution in [2.45, 2.75) is 66.6 Å². The van der Waals surface area contributed by atoms with Crippen LogP contribution < -0.4 is 0 Å². The molecule has 0 saturated heterocycles. The maximum absolute atomic E-state index is 8.08. The summed E-state index contributed by atoms with van der Waals surface area (Å²) in [5, 5.41) is 16.2. The van der Waals surface area contributed by atoms with Gasteiger partial charge in [0, 0.05) is 0 Å². The van der Waals surface area contributed by atoms with E-state index in [0.29, 0.717) is 5.41 Å². The van der Waals surface area contributed by atoms with Gasteiger partial charge in [0.05, 0.1) is 0 Å². The predicted molar refractivity (Wildman–Crippen MR) is 71.2 cm³/mol. The van der Waals surface area contributed by atoms with Gasteiger partial charge in [0.1, 0.15) is 0 Å². The molecule has 98 valence electrons. The minimum absolute atomic E-state index is 0.472. The molecule has 0 heterocycles. The van der Waals surface area contributed by atoms with Gasteiger partial charge >= 0.3 is 0 Å². The van der Waals surface area contributed by atoms with Crippen LogP contribution in [0.3, 0.4) is 0 Å². The van der Waals surface area contributed by atoms with Crippen molar-refractivity contribution in [3.8, 4) is 0 Å². The van der Waals surface area contributed by atoms with Gasteiger partial charge in [0.15, 0.2) is 5.79 Å². The Morgan fingerprint density at radius 2 is 1.69 bits per heavy atom. The van der Waals surface area contributed by atoms with E-state index >= 15 is 0 Å². The highest BCUT2D eigenvalue weighted by atomic mass is 16.5. The zero-order chi connectivity index (χ0) is 13.4. The maximum atomic E-state index is 8.08. The highest BCUT2D eigenvalue weighted by Gasteiger charge is 2.29. The van der Waals surface area contributed by atoms with E-state index in [1.165, 1.54) is 33.1 Å². The summed E-state index contributed by atoms with van der Waals surface area (Å²) in [6, 6.07) is 0. The van der Waals surface area contributed by atoms with Crippen LogP contribution in [-0.2, 0) is 0 Å². The third-order valence-corrected chi connectivity index (χ3v) is 2.52. The summed E-state index contributed by atoms with van der Waals surface area (Å²) in [5.74, 6) is -0.576. The van der Waals surface area contributed by atoms with Crippen molar-refractivity contribution in [1.29, 1.82) is 0 Å². The van der Waals surface area contributed by atoms with E-state index in [2.05, 4.69) is 26.5 Å². The van der Waals surface area contributed by atoms with E-state index in [1.807, 2.05) is 13.8 Å². The van der Waals surface area contributed by atoms with Crippen molar-refractivity contribution in [1.82, 2.24) is 0 Å². The van der Waals surface area contributed by atoms with Crippen molar-refractivity contribution in [3.63, 3.8) is 0 Å². The van der Waals surface area contributed by atoms with E-state index in [-0.39, 0.29) is 0 Å². The third kappa shape index (κ3) is 11.7. The molecular formula is C14H30O2. The number of allylic oxidation sites excluding steroid dienone is 1. The minimum Gasteiger partial charge on any atom is -0.366 e. The fourth-order valence-electron chi connectivity index (χ4n) is 1.76. The standard InChI is InChI=1S/C9H16.C3H8O2.C2H6/c1-4-9(3)6-5-8(2)7-9;1-3(2,4)5;1-2/h4,8H,1,5-7H2,2-3H3;4-5H,1-2H3;1-2H3/t8?,9-;;/m1../s1. The molecule has 0 aliphatic heterocycles. The SMILES string of the molecule is C=C[C@]1(C)CCC(C)C1.CC.CC(C)(O)O. The lowest BCUT2D eigenvalue weighted by Crippen LogP contribution is -2.15. The molecule has 0 amide bonds. The lowest BCUT2D eigenvalue weighted by atomic mass is 9.88. The average Bonchev–Trinajstić information content (AvgIpc) is 2.48. The van der Waals surface area contributed by atoms with Gasteiger partial charge in [-0.25, -0.2) is 0 Å². The van der Waals surface area contributed by atoms with Crippen LogP contribution in [-0.4, -0.2) is 16.0 Å². The van der Waals surface area contributed by atoms with E-state index in [1.54, 1.807) is 0 Å². The van der Waals surface area contributed by atoms with Crippen molar-refractivity contribution >= 4 is 0 Å². The Kier molecular flexibility index (Phi) is 8.86. The Bertz CT molecular complexity index is 176. The van der Waals surface area contributed by atoms with Gasteiger partial charge in [-0.15, -0.1) is 6.58 Å². The topological polar surface area (TPSA) is 40.5 Å². The molecule has 1 aliphatic rings. The lowest BCUT2D eigenvalue weighted by Gasteiger charge is -2.17. The van der Waals surface area contributed by atoms with Gasteiger partial charge in [-0.05, 0) is 44.4 Å². The van der Waals surface area contributed by atoms with Crippen molar-refractivity contribution < 1.29 is 10.2 Å². The van der Waals surface area contributed by atoms with Gasteiger partial charge in [-0.3, -0.25) is 0 Å². The van der Waals surface area contributed by atoms with Crippen molar-refractivity contribution in [2.24, 2.45) is 11.3 Å². The van der Waals surface area contributed by atoms with Crippen LogP contribution in [0.4, 0.5) is 0 Å². The molecule has 0 radical (unpaired) electrons. The summed E-state index contributed by atoms with van der Waals surface area (Å²) >= 11 is 0. The average molecular weight is 230 g/mol. The summed E-state index contributed by atoms with van der Waals surface area (Å²) in [6.07, 6.45) is 6.20. The number of rotatable bonds is 1. The van der Waals surface area contributed by atoms with Crippen LogP contribution in [0.2, 0.25) is 0 Å². The molecule has 0 spiro atoms. The zero-order valence-corrected chi connectivity index (χ0v) is 11.9. The highest BCUT2D eigenvalue weighted by molar-refractivity contribution is 4.96. The maximum Gasteiger partial charge on any atom is 0.156 e. The molecule has 1 aliphatic carbocycles. The molecule has 0 bridgehead atoms. The number of aliphatic hydroxyl groups is 2. The first kappa shape index (κ1) is 18.0. The molecule has 1 rings (SSSR count). The van der Waals surface area contributed by atoms with Gasteiger partial charge in [0.2, 0.25) is 0 Å². The summed E-state index contributed by atoms with van der Waals surface area (Å²) in [5.41, 5.74) is 0.472. The molecule has 1 fully saturated rings. The van der Waals surface area contributed by atoms with Crippen molar-refractivity contribution in [3.05, 3.63) is 12.7 Å². The Morgan fingerprint density at radius 3 is 1.81 bits per heavy atom. The molecule has 1 unspecified atom stereocenters. The largest absolute Gasteiger partial charge is 0.366 e. The minimum atomic E-state index is -1.50. The Balaban J connectivity index is 0. The summed E-state index contributed by atoms with van der Waals surface area (Å²) in [6.45, 7) is 15.1. The van der Waals surface area contributed by atoms with E-state index in [0.717, 1.165) is 5.92 Å². The lowest BCUT2D eigenvalue weighted by molar-refractivity contribution is -0.127. The quantitative estimate of drug-likeness (QED) is 0.532. The Morgan fingerprint density at radius 1 is 1.31 bits per heavy atom. The van der Waals surface area contributed by atoms with Gasteiger partial charge < -0.3 is 10.2 Å². The van der Waals surface area contributed by atoms with E-state index in [9.17, 15) is 0 Å². The first-order valence-corrected chi connectivity index (χ1v) is 6.25. The second-order valence-corrected chi connectivity index (χ2v) is 5.20. The normalized spacial score (nSPS) is 28.4. The summed E-state index contributed by atoms with van der Waals surface area (Å²) in [4.78, 5) is 0. The molecule has 2 atom stereocenters. The molecule has 0 aromatic rings. The van der Waals surface area contributed by atoms with Crippen LogP contribution in [0.15, 0.2) is 12.7 Å². The van der Waals surface area contributed by atoms with Gasteiger partial charge in [-0.2, -0.15) is 0 Å². The molecule has 0 aromatic carbocycles. The monoisotopic (exact) mass is 230 g/mol. The smallest absolute Gasteiger partial charge is 0.156 e. The third-order valence-electron chi connectivity index (χ3n) is 2.52. The second kappa shape index (κ2) is 7.86. The van der Waals surface area contributed by atoms with Crippen LogP contribution in [0.1, 0.15) is 60.8 Å². The van der Waals surface area contributed by atoms with Gasteiger partial charge in [0.25, 0.3) is 0 Å². The molecule has 2 N–H and O–H groups in total. The molecule has 2 heteroatoms. The van der Waals surface area contributed by atoms with Crippen molar-refractivity contribution in [2.75, 3.05) is 0 Å². The highest BCUT2D eigenvalue weighted by Crippen LogP contribution is 2.41. The van der Waals surface area contributed by atoms with Crippen LogP contribution in [0, 0.1) is 11.3 Å². The number of hydrogen-bond donors (Lipinski definition) is 2. The van der Waals surface area contributed by atoms with E-state index < -0.39 is 5.79 Å². The second-order valence-electron chi connectivity index (χ2n) is 5.20. The van der Waals surface area contributed by atoms with Crippen LogP contribution in [0.5, 0.6) is 0 Å². The predicted octanol–water partition coefficient (Wildman–Crippen LogP) is 3.73. The van der Waals surface area contributed by atoms with Crippen LogP contribution >= 0.6 is 0 Å². The molecular weight excluding hydrogens is 200 g/mol. The Hall–Kier alpha value is -0.340. The number of hydrogen-bond acceptors (Lipinski definition) is 2. The molecule has 0 aromatic heterocycles. The summed E-state index contributed by atoms with van der Waals surface area (Å²) in [7, 11) is 0. The Labute approximate surface area is 101 Å². The fraction of sp³-hybridized carbons (Fsp3) is 0.857. The zero-order valence-electron chi connectivity index (χ0n) is 11.9. The summed E-state index contributed by atoms with van der Waals surface area (Å²) < 4.78 is 0. The molecule has 1 saturated carbocycles. The van der Waals surface area contributed by atoms with Crippen LogP contribution in [0.25, 0.3) is 0 Å². The first-order valence-electron chi connectivity index (χ1n) is 6.25. The fourth-order valence-corrected chi connectivity index (χ4v) is 1.76. The van der Waals surface area contributed by atoms with E-state index in [4.69, 9.17) is 10.2 Å².